The summed E-state index contributed by atoms with van der Waals surface area (Å²) in [5.74, 6) is 0.180. The first-order chi connectivity index (χ1) is 14.3. The van der Waals surface area contributed by atoms with Gasteiger partial charge in [0.25, 0.3) is 11.4 Å². The molecule has 3 rings (SSSR count). The Labute approximate surface area is 174 Å². The lowest BCUT2D eigenvalue weighted by Crippen LogP contribution is -2.15. The summed E-state index contributed by atoms with van der Waals surface area (Å²) >= 11 is 1.15. The molecule has 0 bridgehead atoms. The number of hydrogen-bond donors (Lipinski definition) is 1. The van der Waals surface area contributed by atoms with E-state index in [1.165, 1.54) is 24.3 Å². The molecule has 1 heterocycles. The number of nitrogens with zero attached hydrogens (tertiary/aromatic N) is 5. The Morgan fingerprint density at radius 3 is 2.33 bits per heavy atom. The Hall–Kier alpha value is -3.80. The van der Waals surface area contributed by atoms with Crippen LogP contribution >= 0.6 is 11.8 Å². The zero-order chi connectivity index (χ0) is 21.8. The van der Waals surface area contributed by atoms with E-state index in [2.05, 4.69) is 15.5 Å². The van der Waals surface area contributed by atoms with Gasteiger partial charge in [-0.25, -0.2) is 0 Å². The Morgan fingerprint density at radius 2 is 1.70 bits per heavy atom. The highest BCUT2D eigenvalue weighted by atomic mass is 32.2. The number of carbonyl (C=O) groups is 1. The van der Waals surface area contributed by atoms with Crippen LogP contribution in [0.15, 0.2) is 47.6 Å². The smallest absolute Gasteiger partial charge is 0.271 e. The molecule has 1 N–H and O–H groups in total. The van der Waals surface area contributed by atoms with Crippen molar-refractivity contribution in [2.75, 3.05) is 11.1 Å². The largest absolute Gasteiger partial charge is 0.325 e. The van der Waals surface area contributed by atoms with Crippen LogP contribution < -0.4 is 5.32 Å². The van der Waals surface area contributed by atoms with Gasteiger partial charge in [-0.3, -0.25) is 25.0 Å². The van der Waals surface area contributed by atoms with Gasteiger partial charge in [0.2, 0.25) is 5.91 Å². The molecule has 12 heteroatoms. The second kappa shape index (κ2) is 8.69. The maximum atomic E-state index is 12.3. The number of thioether (sulfide) groups is 1. The molecule has 154 valence electrons. The molecule has 0 radical (unpaired) electrons. The van der Waals surface area contributed by atoms with E-state index in [4.69, 9.17) is 0 Å². The number of nitrogens with one attached hydrogen (secondary N) is 1. The van der Waals surface area contributed by atoms with E-state index in [9.17, 15) is 25.0 Å². The normalized spacial score (nSPS) is 10.6. The fraction of sp³-hybridized carbons (Fsp3) is 0.167. The summed E-state index contributed by atoms with van der Waals surface area (Å²) in [6.45, 7) is 1.74. The molecule has 11 nitrogen and oxygen atoms in total. The molecule has 2 aromatic carbocycles. The average Bonchev–Trinajstić information content (AvgIpc) is 3.08. The lowest BCUT2D eigenvalue weighted by Gasteiger charge is -2.08. The highest BCUT2D eigenvalue weighted by Gasteiger charge is 2.15. The van der Waals surface area contributed by atoms with Gasteiger partial charge in [-0.05, 0) is 24.6 Å². The van der Waals surface area contributed by atoms with E-state index in [1.807, 2.05) is 0 Å². The van der Waals surface area contributed by atoms with Crippen LogP contribution in [0.25, 0.3) is 11.4 Å². The molecular formula is C18H16N6O5S. The minimum Gasteiger partial charge on any atom is -0.325 e. The van der Waals surface area contributed by atoms with E-state index < -0.39 is 9.85 Å². The lowest BCUT2D eigenvalue weighted by molar-refractivity contribution is -0.385. The van der Waals surface area contributed by atoms with Crippen molar-refractivity contribution in [3.05, 3.63) is 68.3 Å². The summed E-state index contributed by atoms with van der Waals surface area (Å²) in [6, 6.07) is 10.2. The van der Waals surface area contributed by atoms with E-state index >= 15 is 0 Å². The van der Waals surface area contributed by atoms with Crippen LogP contribution in [0.5, 0.6) is 0 Å². The molecule has 1 amide bonds. The number of benzene rings is 2. The minimum absolute atomic E-state index is 0.0222. The first kappa shape index (κ1) is 20.9. The molecular weight excluding hydrogens is 412 g/mol. The monoisotopic (exact) mass is 428 g/mol. The number of aromatic nitrogens is 3. The maximum Gasteiger partial charge on any atom is 0.271 e. The third-order valence-corrected chi connectivity index (χ3v) is 5.23. The van der Waals surface area contributed by atoms with Crippen LogP contribution in [0.2, 0.25) is 0 Å². The summed E-state index contributed by atoms with van der Waals surface area (Å²) in [5, 5.41) is 33.0. The first-order valence-electron chi connectivity index (χ1n) is 8.58. The van der Waals surface area contributed by atoms with E-state index in [0.717, 1.165) is 11.8 Å². The Balaban J connectivity index is 1.67. The number of carbonyl (C=O) groups excluding carboxylic acids is 1. The van der Waals surface area contributed by atoms with Crippen molar-refractivity contribution in [2.24, 2.45) is 7.05 Å². The molecule has 3 aromatic rings. The zero-order valence-corrected chi connectivity index (χ0v) is 16.8. The van der Waals surface area contributed by atoms with Crippen molar-refractivity contribution < 1.29 is 14.6 Å². The van der Waals surface area contributed by atoms with Gasteiger partial charge in [0.1, 0.15) is 0 Å². The quantitative estimate of drug-likeness (QED) is 0.342. The zero-order valence-electron chi connectivity index (χ0n) is 15.9. The average molecular weight is 428 g/mol. The highest BCUT2D eigenvalue weighted by Crippen LogP contribution is 2.25. The predicted octanol–water partition coefficient (Wildman–Crippen LogP) is 3.34. The predicted molar refractivity (Wildman–Crippen MR) is 110 cm³/mol. The number of anilines is 1. The molecule has 1 aromatic heterocycles. The first-order valence-corrected chi connectivity index (χ1v) is 9.56. The molecule has 0 unspecified atom stereocenters. The number of nitro benzene ring substituents is 2. The number of nitro groups is 2. The van der Waals surface area contributed by atoms with Gasteiger partial charge in [0.05, 0.1) is 21.3 Å². The summed E-state index contributed by atoms with van der Waals surface area (Å²) in [6.07, 6.45) is 0. The van der Waals surface area contributed by atoms with Gasteiger partial charge in [0, 0.05) is 36.9 Å². The molecule has 0 spiro atoms. The molecule has 0 aliphatic heterocycles. The van der Waals surface area contributed by atoms with Crippen LogP contribution in [-0.4, -0.2) is 36.3 Å². The van der Waals surface area contributed by atoms with Gasteiger partial charge in [0.15, 0.2) is 11.0 Å². The van der Waals surface area contributed by atoms with Gasteiger partial charge in [-0.1, -0.05) is 17.8 Å². The summed E-state index contributed by atoms with van der Waals surface area (Å²) in [7, 11) is 1.72. The lowest BCUT2D eigenvalue weighted by atomic mass is 10.2. The van der Waals surface area contributed by atoms with Crippen molar-refractivity contribution in [3.63, 3.8) is 0 Å². The molecule has 0 saturated carbocycles. The molecule has 0 atom stereocenters. The molecule has 0 saturated heterocycles. The third kappa shape index (κ3) is 4.60. The van der Waals surface area contributed by atoms with Crippen LogP contribution in [-0.2, 0) is 11.8 Å². The fourth-order valence-corrected chi connectivity index (χ4v) is 3.31. The SMILES string of the molecule is Cc1ccc([N+](=O)[O-])cc1NC(=O)CSc1nnc(-c2ccc([N+](=O)[O-])cc2)n1C. The Bertz CT molecular complexity index is 1130. The maximum absolute atomic E-state index is 12.3. The number of aryl methyl sites for hydroxylation is 1. The highest BCUT2D eigenvalue weighted by molar-refractivity contribution is 7.99. The van der Waals surface area contributed by atoms with Crippen LogP contribution in [0, 0.1) is 27.2 Å². The number of non-ortho nitro benzene ring substituents is 2. The molecule has 0 aliphatic carbocycles. The van der Waals surface area contributed by atoms with Gasteiger partial charge < -0.3 is 9.88 Å². The fourth-order valence-electron chi connectivity index (χ4n) is 2.60. The second-order valence-corrected chi connectivity index (χ2v) is 7.20. The second-order valence-electron chi connectivity index (χ2n) is 6.26. The molecule has 0 fully saturated rings. The topological polar surface area (TPSA) is 146 Å². The van der Waals surface area contributed by atoms with Crippen molar-refractivity contribution in [1.82, 2.24) is 14.8 Å². The van der Waals surface area contributed by atoms with Gasteiger partial charge in [-0.2, -0.15) is 0 Å². The van der Waals surface area contributed by atoms with E-state index in [-0.39, 0.29) is 23.0 Å². The Morgan fingerprint density at radius 1 is 1.07 bits per heavy atom. The number of rotatable bonds is 7. The van der Waals surface area contributed by atoms with E-state index in [0.29, 0.717) is 27.8 Å². The molecule has 30 heavy (non-hydrogen) atoms. The van der Waals surface area contributed by atoms with Gasteiger partial charge in [-0.15, -0.1) is 10.2 Å². The summed E-state index contributed by atoms with van der Waals surface area (Å²) in [4.78, 5) is 33.0. The Kier molecular flexibility index (Phi) is 6.06. The number of amides is 1. The third-order valence-electron chi connectivity index (χ3n) is 4.21. The van der Waals surface area contributed by atoms with Crippen molar-refractivity contribution in [1.29, 1.82) is 0 Å². The standard InChI is InChI=1S/C18H16N6O5S/c1-11-3-6-14(24(28)29)9-15(11)19-16(25)10-30-18-21-20-17(22(18)2)12-4-7-13(8-5-12)23(26)27/h3-9H,10H2,1-2H3,(H,19,25). The van der Waals surface area contributed by atoms with Crippen molar-refractivity contribution in [2.45, 2.75) is 12.1 Å². The van der Waals surface area contributed by atoms with Gasteiger partial charge >= 0.3 is 0 Å². The van der Waals surface area contributed by atoms with Crippen molar-refractivity contribution >= 4 is 34.7 Å². The summed E-state index contributed by atoms with van der Waals surface area (Å²) < 4.78 is 1.68. The minimum atomic E-state index is -0.525. The van der Waals surface area contributed by atoms with Crippen LogP contribution in [0.4, 0.5) is 17.1 Å². The van der Waals surface area contributed by atoms with Crippen molar-refractivity contribution in [3.8, 4) is 11.4 Å². The number of hydrogen-bond acceptors (Lipinski definition) is 8. The van der Waals surface area contributed by atoms with Crippen LogP contribution in [0.1, 0.15) is 5.56 Å². The molecule has 0 aliphatic rings. The summed E-state index contributed by atoms with van der Waals surface area (Å²) in [5.41, 5.74) is 1.60. The van der Waals surface area contributed by atoms with E-state index in [1.54, 1.807) is 36.7 Å². The van der Waals surface area contributed by atoms with Crippen LogP contribution in [0.3, 0.4) is 0 Å².